The van der Waals surface area contributed by atoms with Crippen molar-refractivity contribution in [2.75, 3.05) is 18.8 Å². The van der Waals surface area contributed by atoms with Crippen LogP contribution in [-0.4, -0.2) is 38.3 Å². The fraction of sp³-hybridized carbons (Fsp3) is 0.267. The minimum atomic E-state index is 0.752. The molecule has 22 heavy (non-hydrogen) atoms. The van der Waals surface area contributed by atoms with Crippen molar-refractivity contribution >= 4 is 35.3 Å². The van der Waals surface area contributed by atoms with Gasteiger partial charge in [-0.25, -0.2) is 15.0 Å². The first kappa shape index (κ1) is 15.7. The van der Waals surface area contributed by atoms with E-state index < -0.39 is 0 Å². The zero-order chi connectivity index (χ0) is 15.5. The maximum absolute atomic E-state index is 4.76. The van der Waals surface area contributed by atoms with Crippen LogP contribution in [-0.2, 0) is 6.54 Å². The maximum Gasteiger partial charge on any atom is 0.190 e. The van der Waals surface area contributed by atoms with Crippen molar-refractivity contribution in [3.05, 3.63) is 35.9 Å². The average molecular weight is 349 g/mol. The molecule has 1 aromatic carbocycles. The number of benzene rings is 1. The van der Waals surface area contributed by atoms with E-state index in [4.69, 9.17) is 9.97 Å². The van der Waals surface area contributed by atoms with Crippen LogP contribution in [0, 0.1) is 0 Å². The van der Waals surface area contributed by atoms with Crippen LogP contribution in [0.2, 0.25) is 0 Å². The summed E-state index contributed by atoms with van der Waals surface area (Å²) in [5, 5.41) is 2.71. The fourth-order valence-corrected chi connectivity index (χ4v) is 3.71. The lowest BCUT2D eigenvalue weighted by Gasteiger charge is -2.16. The summed E-state index contributed by atoms with van der Waals surface area (Å²) in [7, 11) is 0. The smallest absolute Gasteiger partial charge is 0.190 e. The van der Waals surface area contributed by atoms with Gasteiger partial charge in [-0.3, -0.25) is 4.57 Å². The number of hydrogen-bond donors (Lipinski definition) is 0. The van der Waals surface area contributed by atoms with Gasteiger partial charge in [0.05, 0.1) is 6.54 Å². The molecule has 2 heterocycles. The van der Waals surface area contributed by atoms with E-state index in [1.165, 1.54) is 5.56 Å². The zero-order valence-corrected chi connectivity index (χ0v) is 15.1. The summed E-state index contributed by atoms with van der Waals surface area (Å²) >= 11 is 4.82. The van der Waals surface area contributed by atoms with Gasteiger partial charge in [0, 0.05) is 0 Å². The summed E-state index contributed by atoms with van der Waals surface area (Å²) in [6.07, 6.45) is 6.07. The third-order valence-corrected chi connectivity index (χ3v) is 5.15. The van der Waals surface area contributed by atoms with Crippen LogP contribution < -0.4 is 0 Å². The van der Waals surface area contributed by atoms with Crippen LogP contribution in [0.1, 0.15) is 5.56 Å². The van der Waals surface area contributed by atoms with Gasteiger partial charge in [0.2, 0.25) is 0 Å². The van der Waals surface area contributed by atoms with Crippen LogP contribution in [0.3, 0.4) is 0 Å². The Morgan fingerprint density at radius 2 is 1.68 bits per heavy atom. The van der Waals surface area contributed by atoms with Crippen LogP contribution in [0.5, 0.6) is 0 Å². The van der Waals surface area contributed by atoms with Crippen molar-refractivity contribution in [1.82, 2.24) is 19.5 Å². The Labute approximate surface area is 142 Å². The highest BCUT2D eigenvalue weighted by Crippen LogP contribution is 2.34. The molecule has 7 heteroatoms. The van der Waals surface area contributed by atoms with Crippen molar-refractivity contribution in [1.29, 1.82) is 0 Å². The molecule has 0 saturated heterocycles. The third kappa shape index (κ3) is 2.98. The molecular formula is C15H16N4S3. The van der Waals surface area contributed by atoms with Gasteiger partial charge in [0.1, 0.15) is 10.7 Å². The molecule has 2 aliphatic rings. The molecule has 0 aromatic heterocycles. The lowest BCUT2D eigenvalue weighted by molar-refractivity contribution is 0.648. The summed E-state index contributed by atoms with van der Waals surface area (Å²) in [5.41, 5.74) is 2.13. The Hall–Kier alpha value is -1.18. The minimum absolute atomic E-state index is 0.752. The number of fused-ring (bicyclic) bond motifs is 1. The zero-order valence-electron chi connectivity index (χ0n) is 12.6. The SMILES string of the molecule is CSc1nc2c(SC)nc(SC)n(Cc3ccccc3)c-2n1. The highest BCUT2D eigenvalue weighted by atomic mass is 32.2. The van der Waals surface area contributed by atoms with Gasteiger partial charge in [0.25, 0.3) is 0 Å². The van der Waals surface area contributed by atoms with E-state index in [2.05, 4.69) is 33.8 Å². The van der Waals surface area contributed by atoms with E-state index in [0.717, 1.165) is 33.4 Å². The lowest BCUT2D eigenvalue weighted by atomic mass is 10.2. The predicted octanol–water partition coefficient (Wildman–Crippen LogP) is 3.99. The van der Waals surface area contributed by atoms with Crippen LogP contribution in [0.15, 0.2) is 45.7 Å². The van der Waals surface area contributed by atoms with Crippen molar-refractivity contribution in [3.8, 4) is 11.5 Å². The summed E-state index contributed by atoms with van der Waals surface area (Å²) in [6.45, 7) is 0.752. The molecular weight excluding hydrogens is 332 g/mol. The van der Waals surface area contributed by atoms with Crippen molar-refractivity contribution in [3.63, 3.8) is 0 Å². The quantitative estimate of drug-likeness (QED) is 0.395. The van der Waals surface area contributed by atoms with Gasteiger partial charge >= 0.3 is 0 Å². The molecule has 0 amide bonds. The first-order chi connectivity index (χ1) is 10.8. The molecule has 0 saturated carbocycles. The van der Waals surface area contributed by atoms with Gasteiger partial charge in [-0.05, 0) is 24.3 Å². The van der Waals surface area contributed by atoms with E-state index >= 15 is 0 Å². The second kappa shape index (κ2) is 6.93. The molecule has 2 aliphatic heterocycles. The summed E-state index contributed by atoms with van der Waals surface area (Å²) in [6, 6.07) is 10.4. The summed E-state index contributed by atoms with van der Waals surface area (Å²) in [5.74, 6) is 0.914. The van der Waals surface area contributed by atoms with Crippen molar-refractivity contribution in [2.24, 2.45) is 0 Å². The second-order valence-corrected chi connectivity index (χ2v) is 6.90. The number of rotatable bonds is 5. The number of aromatic nitrogens is 4. The highest BCUT2D eigenvalue weighted by Gasteiger charge is 2.22. The molecule has 0 unspecified atom stereocenters. The normalized spacial score (nSPS) is 11.2. The molecule has 114 valence electrons. The second-order valence-electron chi connectivity index (χ2n) is 4.56. The largest absolute Gasteiger partial charge is 0.299 e. The van der Waals surface area contributed by atoms with E-state index in [1.54, 1.807) is 35.3 Å². The van der Waals surface area contributed by atoms with E-state index in [1.807, 2.05) is 24.8 Å². The van der Waals surface area contributed by atoms with E-state index in [0.29, 0.717) is 0 Å². The van der Waals surface area contributed by atoms with Gasteiger partial charge in [-0.15, -0.1) is 11.8 Å². The Kier molecular flexibility index (Phi) is 4.95. The number of nitrogens with zero attached hydrogens (tertiary/aromatic N) is 4. The molecule has 1 aromatic rings. The summed E-state index contributed by atoms with van der Waals surface area (Å²) < 4.78 is 2.15. The van der Waals surface area contributed by atoms with Crippen molar-refractivity contribution in [2.45, 2.75) is 21.9 Å². The topological polar surface area (TPSA) is 43.6 Å². The average Bonchev–Trinajstić information content (AvgIpc) is 3.00. The van der Waals surface area contributed by atoms with Crippen molar-refractivity contribution < 1.29 is 0 Å². The van der Waals surface area contributed by atoms with Gasteiger partial charge in [0.15, 0.2) is 16.1 Å². The standard InChI is InChI=1S/C15H16N4S3/c1-20-13-11-12(17-14(16-11)21-2)19(15(18-13)22-3)9-10-7-5-4-6-8-10/h4-8H,9H2,1-3H3. The summed E-state index contributed by atoms with van der Waals surface area (Å²) in [4.78, 5) is 14.1. The van der Waals surface area contributed by atoms with Gasteiger partial charge in [-0.2, -0.15) is 0 Å². The van der Waals surface area contributed by atoms with E-state index in [-0.39, 0.29) is 0 Å². The molecule has 0 bridgehead atoms. The number of hydrogen-bond acceptors (Lipinski definition) is 6. The monoisotopic (exact) mass is 348 g/mol. The first-order valence-electron chi connectivity index (χ1n) is 6.71. The van der Waals surface area contributed by atoms with Crippen LogP contribution in [0.4, 0.5) is 0 Å². The lowest BCUT2D eigenvalue weighted by Crippen LogP contribution is -2.11. The molecule has 0 N–H and O–H groups in total. The predicted molar refractivity (Wildman–Crippen MR) is 95.3 cm³/mol. The van der Waals surface area contributed by atoms with Crippen LogP contribution >= 0.6 is 35.3 Å². The van der Waals surface area contributed by atoms with Gasteiger partial charge < -0.3 is 0 Å². The molecule has 4 nitrogen and oxygen atoms in total. The Morgan fingerprint density at radius 3 is 2.32 bits per heavy atom. The Balaban J connectivity index is 2.16. The molecule has 0 fully saturated rings. The van der Waals surface area contributed by atoms with Crippen LogP contribution in [0.25, 0.3) is 11.5 Å². The highest BCUT2D eigenvalue weighted by molar-refractivity contribution is 7.99. The third-order valence-electron chi connectivity index (χ3n) is 3.25. The minimum Gasteiger partial charge on any atom is -0.299 e. The Bertz CT molecular complexity index is 742. The molecule has 0 radical (unpaired) electrons. The Morgan fingerprint density at radius 1 is 0.909 bits per heavy atom. The fourth-order valence-electron chi connectivity index (χ4n) is 2.23. The maximum atomic E-state index is 4.76. The van der Waals surface area contributed by atoms with Gasteiger partial charge in [-0.1, -0.05) is 53.9 Å². The molecule has 0 spiro atoms. The van der Waals surface area contributed by atoms with E-state index in [9.17, 15) is 0 Å². The first-order valence-corrected chi connectivity index (χ1v) is 10.4. The number of thioether (sulfide) groups is 3. The molecule has 0 aliphatic carbocycles. The molecule has 0 atom stereocenters. The number of imidazole rings is 1. The molecule has 3 rings (SSSR count).